The average Bonchev–Trinajstić information content (AvgIpc) is 2.43. The zero-order valence-corrected chi connectivity index (χ0v) is 14.5. The molecule has 0 fully saturated rings. The van der Waals surface area contributed by atoms with Crippen LogP contribution in [0, 0.1) is 13.8 Å². The number of nitrogens with zero attached hydrogens (tertiary/aromatic N) is 2. The lowest BCUT2D eigenvalue weighted by Gasteiger charge is -2.08. The Hall–Kier alpha value is -1.16. The summed E-state index contributed by atoms with van der Waals surface area (Å²) in [5, 5.41) is 2.02. The maximum atomic E-state index is 6.33. The van der Waals surface area contributed by atoms with E-state index in [2.05, 4.69) is 25.9 Å². The van der Waals surface area contributed by atoms with Crippen LogP contribution in [-0.2, 0) is 0 Å². The highest BCUT2D eigenvalue weighted by Gasteiger charge is 2.11. The molecule has 0 aliphatic carbocycles. The fraction of sp³-hybridized carbons (Fsp3) is 0.125. The van der Waals surface area contributed by atoms with Crippen LogP contribution in [0.4, 0.5) is 0 Å². The molecule has 1 aromatic heterocycles. The average molecular weight is 382 g/mol. The van der Waals surface area contributed by atoms with Crippen molar-refractivity contribution in [3.05, 3.63) is 56.1 Å². The van der Waals surface area contributed by atoms with Crippen molar-refractivity contribution < 1.29 is 0 Å². The predicted octanol–water partition coefficient (Wildman–Crippen LogP) is 5.98. The van der Waals surface area contributed by atoms with E-state index in [4.69, 9.17) is 23.2 Å². The Balaban J connectivity index is 2.27. The Morgan fingerprint density at radius 1 is 0.952 bits per heavy atom. The number of benzene rings is 2. The number of hydrogen-bond donors (Lipinski definition) is 0. The van der Waals surface area contributed by atoms with Crippen molar-refractivity contribution in [1.82, 2.24) is 9.97 Å². The topological polar surface area (TPSA) is 25.8 Å². The second-order valence-electron chi connectivity index (χ2n) is 4.92. The zero-order valence-electron chi connectivity index (χ0n) is 11.4. The maximum Gasteiger partial charge on any atom is 0.161 e. The molecule has 0 radical (unpaired) electrons. The molecule has 0 saturated heterocycles. The Labute approximate surface area is 141 Å². The van der Waals surface area contributed by atoms with Gasteiger partial charge in [0.1, 0.15) is 5.15 Å². The number of hydrogen-bond acceptors (Lipinski definition) is 2. The van der Waals surface area contributed by atoms with Gasteiger partial charge in [0.2, 0.25) is 0 Å². The van der Waals surface area contributed by atoms with Crippen LogP contribution in [0.15, 0.2) is 34.8 Å². The van der Waals surface area contributed by atoms with Gasteiger partial charge in [0, 0.05) is 20.4 Å². The van der Waals surface area contributed by atoms with Gasteiger partial charge in [0.25, 0.3) is 0 Å². The summed E-state index contributed by atoms with van der Waals surface area (Å²) in [6.07, 6.45) is 0. The van der Waals surface area contributed by atoms with Crippen molar-refractivity contribution in [2.75, 3.05) is 0 Å². The monoisotopic (exact) mass is 380 g/mol. The molecule has 0 saturated carbocycles. The molecular formula is C16H11BrCl2N2. The van der Waals surface area contributed by atoms with E-state index in [1.165, 1.54) is 0 Å². The molecule has 0 aliphatic heterocycles. The van der Waals surface area contributed by atoms with Crippen LogP contribution in [0.5, 0.6) is 0 Å². The van der Waals surface area contributed by atoms with Gasteiger partial charge in [-0.05, 0) is 55.3 Å². The minimum Gasteiger partial charge on any atom is -0.228 e. The van der Waals surface area contributed by atoms with Crippen LogP contribution in [0.25, 0.3) is 22.3 Å². The van der Waals surface area contributed by atoms with Gasteiger partial charge >= 0.3 is 0 Å². The van der Waals surface area contributed by atoms with Gasteiger partial charge in [-0.15, -0.1) is 0 Å². The Morgan fingerprint density at radius 3 is 2.43 bits per heavy atom. The van der Waals surface area contributed by atoms with E-state index in [9.17, 15) is 0 Å². The number of aromatic nitrogens is 2. The van der Waals surface area contributed by atoms with Gasteiger partial charge in [-0.25, -0.2) is 9.97 Å². The molecule has 0 aliphatic rings. The number of rotatable bonds is 1. The summed E-state index contributed by atoms with van der Waals surface area (Å²) in [6.45, 7) is 3.96. The number of halogens is 3. The predicted molar refractivity (Wildman–Crippen MR) is 92.2 cm³/mol. The Bertz CT molecular complexity index is 863. The smallest absolute Gasteiger partial charge is 0.161 e. The molecule has 2 nitrogen and oxygen atoms in total. The quantitative estimate of drug-likeness (QED) is 0.484. The minimum atomic E-state index is 0.451. The fourth-order valence-electron chi connectivity index (χ4n) is 2.24. The van der Waals surface area contributed by atoms with Gasteiger partial charge in [-0.1, -0.05) is 39.1 Å². The van der Waals surface area contributed by atoms with Crippen molar-refractivity contribution in [2.24, 2.45) is 0 Å². The van der Waals surface area contributed by atoms with E-state index >= 15 is 0 Å². The zero-order chi connectivity index (χ0) is 15.1. The highest BCUT2D eigenvalue weighted by molar-refractivity contribution is 9.10. The first-order chi connectivity index (χ1) is 9.95. The van der Waals surface area contributed by atoms with E-state index < -0.39 is 0 Å². The number of fused-ring (bicyclic) bond motifs is 1. The number of aryl methyl sites for hydroxylation is 2. The second kappa shape index (κ2) is 5.56. The van der Waals surface area contributed by atoms with Gasteiger partial charge in [0.15, 0.2) is 5.82 Å². The summed E-state index contributed by atoms with van der Waals surface area (Å²) in [6, 6.07) is 9.67. The molecule has 0 atom stereocenters. The van der Waals surface area contributed by atoms with Gasteiger partial charge in [0.05, 0.1) is 5.52 Å². The van der Waals surface area contributed by atoms with Crippen LogP contribution >= 0.6 is 39.1 Å². The Morgan fingerprint density at radius 2 is 1.71 bits per heavy atom. The van der Waals surface area contributed by atoms with Crippen LogP contribution in [0.1, 0.15) is 11.1 Å². The fourth-order valence-corrected chi connectivity index (χ4v) is 3.15. The first-order valence-electron chi connectivity index (χ1n) is 6.35. The third kappa shape index (κ3) is 2.78. The first kappa shape index (κ1) is 14.8. The van der Waals surface area contributed by atoms with E-state index in [-0.39, 0.29) is 0 Å². The van der Waals surface area contributed by atoms with Crippen molar-refractivity contribution >= 4 is 50.0 Å². The van der Waals surface area contributed by atoms with Crippen molar-refractivity contribution in [3.8, 4) is 11.4 Å². The second-order valence-corrected chi connectivity index (χ2v) is 6.60. The lowest BCUT2D eigenvalue weighted by molar-refractivity contribution is 1.21. The standard InChI is InChI=1S/C16H11BrCl2N2/c1-8-5-10(3-4-13(8)18)16-20-14-9(2)6-11(17)7-12(14)15(19)21-16/h3-7H,1-2H3. The first-order valence-corrected chi connectivity index (χ1v) is 7.90. The summed E-state index contributed by atoms with van der Waals surface area (Å²) in [7, 11) is 0. The molecule has 0 spiro atoms. The molecule has 1 heterocycles. The molecule has 0 amide bonds. The molecule has 3 rings (SSSR count). The van der Waals surface area contributed by atoms with Crippen molar-refractivity contribution in [1.29, 1.82) is 0 Å². The van der Waals surface area contributed by atoms with E-state index in [1.54, 1.807) is 0 Å². The summed E-state index contributed by atoms with van der Waals surface area (Å²) >= 11 is 15.9. The lowest BCUT2D eigenvalue weighted by Crippen LogP contribution is -1.94. The summed E-state index contributed by atoms with van der Waals surface area (Å²) < 4.78 is 0.966. The van der Waals surface area contributed by atoms with Crippen molar-refractivity contribution in [2.45, 2.75) is 13.8 Å². The normalized spacial score (nSPS) is 11.1. The molecule has 5 heteroatoms. The third-order valence-corrected chi connectivity index (χ3v) is 4.50. The van der Waals surface area contributed by atoms with Crippen LogP contribution in [0.2, 0.25) is 10.2 Å². The minimum absolute atomic E-state index is 0.451. The summed E-state index contributed by atoms with van der Waals surface area (Å²) in [5.74, 6) is 0.609. The molecule has 2 aromatic carbocycles. The van der Waals surface area contributed by atoms with Gasteiger partial charge in [-0.2, -0.15) is 0 Å². The molecular weight excluding hydrogens is 371 g/mol. The molecule has 0 bridgehead atoms. The SMILES string of the molecule is Cc1cc(-c2nc(Cl)c3cc(Br)cc(C)c3n2)ccc1Cl. The Kier molecular flexibility index (Phi) is 3.91. The van der Waals surface area contributed by atoms with Crippen LogP contribution in [0.3, 0.4) is 0 Å². The molecule has 0 unspecified atom stereocenters. The molecule has 106 valence electrons. The van der Waals surface area contributed by atoms with Gasteiger partial charge < -0.3 is 0 Å². The lowest BCUT2D eigenvalue weighted by atomic mass is 10.1. The van der Waals surface area contributed by atoms with Crippen LogP contribution in [-0.4, -0.2) is 9.97 Å². The summed E-state index contributed by atoms with van der Waals surface area (Å²) in [5.41, 5.74) is 3.81. The highest BCUT2D eigenvalue weighted by atomic mass is 79.9. The molecule has 0 N–H and O–H groups in total. The van der Waals surface area contributed by atoms with E-state index in [0.717, 1.165) is 37.1 Å². The molecule has 3 aromatic rings. The molecule has 21 heavy (non-hydrogen) atoms. The van der Waals surface area contributed by atoms with Crippen LogP contribution < -0.4 is 0 Å². The van der Waals surface area contributed by atoms with E-state index in [1.807, 2.05) is 44.2 Å². The third-order valence-electron chi connectivity index (χ3n) is 3.33. The highest BCUT2D eigenvalue weighted by Crippen LogP contribution is 2.30. The van der Waals surface area contributed by atoms with Crippen molar-refractivity contribution in [3.63, 3.8) is 0 Å². The van der Waals surface area contributed by atoms with E-state index in [0.29, 0.717) is 11.0 Å². The summed E-state index contributed by atoms with van der Waals surface area (Å²) in [4.78, 5) is 9.07. The van der Waals surface area contributed by atoms with Gasteiger partial charge in [-0.3, -0.25) is 0 Å². The largest absolute Gasteiger partial charge is 0.228 e. The maximum absolute atomic E-state index is 6.33.